The summed E-state index contributed by atoms with van der Waals surface area (Å²) in [6.45, 7) is 1.73. The van der Waals surface area contributed by atoms with Gasteiger partial charge in [0.25, 0.3) is 0 Å². The van der Waals surface area contributed by atoms with Crippen LogP contribution in [-0.2, 0) is 22.6 Å². The van der Waals surface area contributed by atoms with Gasteiger partial charge in [0.1, 0.15) is 11.7 Å². The molecule has 0 aliphatic carbocycles. The van der Waals surface area contributed by atoms with Crippen molar-refractivity contribution in [2.24, 2.45) is 5.92 Å². The highest BCUT2D eigenvalue weighted by molar-refractivity contribution is 6.43. The van der Waals surface area contributed by atoms with Crippen LogP contribution < -0.4 is 15.4 Å². The van der Waals surface area contributed by atoms with E-state index in [9.17, 15) is 19.6 Å². The molecule has 2 aromatic rings. The number of methoxy groups -OCH3 is 1. The lowest BCUT2D eigenvalue weighted by Gasteiger charge is -2.20. The van der Waals surface area contributed by atoms with Crippen molar-refractivity contribution in [2.45, 2.75) is 25.8 Å². The zero-order valence-electron chi connectivity index (χ0n) is 16.0. The van der Waals surface area contributed by atoms with Crippen LogP contribution in [0.4, 0.5) is 0 Å². The molecule has 2 aromatic carbocycles. The molecule has 0 aliphatic heterocycles. The highest BCUT2D eigenvalue weighted by Gasteiger charge is 2.29. The Morgan fingerprint density at radius 1 is 1.04 bits per heavy atom. The first-order valence-corrected chi connectivity index (χ1v) is 9.01. The maximum Gasteiger partial charge on any atom is 0.475 e. The number of rotatable bonds is 9. The number of ether oxygens (including phenoxy) is 1. The topological polar surface area (TPSA) is 108 Å². The molecule has 28 heavy (non-hydrogen) atoms. The molecule has 2 rings (SSSR count). The Kier molecular flexibility index (Phi) is 8.04. The highest BCUT2D eigenvalue weighted by Crippen LogP contribution is 2.12. The third kappa shape index (κ3) is 6.40. The summed E-state index contributed by atoms with van der Waals surface area (Å²) in [6.07, 6.45) is 0.238. The van der Waals surface area contributed by atoms with Crippen LogP contribution in [0.5, 0.6) is 5.75 Å². The monoisotopic (exact) mass is 384 g/mol. The van der Waals surface area contributed by atoms with Gasteiger partial charge in [0.05, 0.1) is 13.1 Å². The molecule has 2 atom stereocenters. The average Bonchev–Trinajstić information content (AvgIpc) is 2.71. The van der Waals surface area contributed by atoms with Gasteiger partial charge in [-0.05, 0) is 36.6 Å². The smallest absolute Gasteiger partial charge is 0.475 e. The van der Waals surface area contributed by atoms with E-state index in [2.05, 4.69) is 10.6 Å². The second-order valence-electron chi connectivity index (χ2n) is 6.51. The van der Waals surface area contributed by atoms with Gasteiger partial charge in [-0.15, -0.1) is 0 Å². The molecule has 8 heteroatoms. The van der Waals surface area contributed by atoms with E-state index in [1.807, 2.05) is 42.5 Å². The number of benzene rings is 2. The molecule has 0 spiro atoms. The first kappa shape index (κ1) is 21.5. The molecule has 2 amide bonds. The summed E-state index contributed by atoms with van der Waals surface area (Å²) in [5, 5.41) is 24.4. The van der Waals surface area contributed by atoms with Crippen molar-refractivity contribution in [3.63, 3.8) is 0 Å². The van der Waals surface area contributed by atoms with E-state index in [4.69, 9.17) is 4.74 Å². The molecule has 7 nitrogen and oxygen atoms in total. The quantitative estimate of drug-likeness (QED) is 0.376. The average molecular weight is 384 g/mol. The summed E-state index contributed by atoms with van der Waals surface area (Å²) in [7, 11) is -0.179. The molecule has 0 heterocycles. The molecular weight excluding hydrogens is 359 g/mol. The van der Waals surface area contributed by atoms with Crippen LogP contribution >= 0.6 is 0 Å². The Balaban J connectivity index is 1.90. The van der Waals surface area contributed by atoms with Gasteiger partial charge in [-0.25, -0.2) is 0 Å². The number of amides is 2. The maximum atomic E-state index is 12.4. The first-order valence-electron chi connectivity index (χ1n) is 9.01. The molecule has 0 fully saturated rings. The highest BCUT2D eigenvalue weighted by atomic mass is 16.5. The summed E-state index contributed by atoms with van der Waals surface area (Å²) >= 11 is 0. The van der Waals surface area contributed by atoms with E-state index in [1.165, 1.54) is 6.92 Å². The Morgan fingerprint density at radius 3 is 2.36 bits per heavy atom. The van der Waals surface area contributed by atoms with E-state index in [-0.39, 0.29) is 13.0 Å². The second-order valence-corrected chi connectivity index (χ2v) is 6.51. The minimum Gasteiger partial charge on any atom is -0.497 e. The Hall–Kier alpha value is -2.84. The predicted octanol–water partition coefficient (Wildman–Crippen LogP) is 0.687. The minimum absolute atomic E-state index is 0.238. The van der Waals surface area contributed by atoms with Crippen LogP contribution in [-0.4, -0.2) is 42.0 Å². The lowest BCUT2D eigenvalue weighted by atomic mass is 9.75. The van der Waals surface area contributed by atoms with Crippen molar-refractivity contribution in [1.29, 1.82) is 0 Å². The van der Waals surface area contributed by atoms with E-state index in [1.54, 1.807) is 19.2 Å². The molecule has 0 aliphatic rings. The molecule has 0 bridgehead atoms. The van der Waals surface area contributed by atoms with Crippen LogP contribution in [0.25, 0.3) is 0 Å². The standard InChI is InChI=1S/C20H25BN2O5/c1-14(19(24)22-13-16-9-6-10-17(11-16)28-2)20(25)23-18(21(26)27)12-15-7-4-3-5-8-15/h3-11,14,18,26-27H,12-13H2,1-2H3,(H,22,24)(H,23,25)/t14?,18-/m0/s1. The maximum absolute atomic E-state index is 12.4. The van der Waals surface area contributed by atoms with Crippen LogP contribution in [0.15, 0.2) is 54.6 Å². The van der Waals surface area contributed by atoms with Crippen molar-refractivity contribution < 1.29 is 24.4 Å². The van der Waals surface area contributed by atoms with Gasteiger partial charge in [0.15, 0.2) is 0 Å². The summed E-state index contributed by atoms with van der Waals surface area (Å²) < 4.78 is 5.14. The molecule has 0 radical (unpaired) electrons. The molecule has 4 N–H and O–H groups in total. The van der Waals surface area contributed by atoms with Gasteiger partial charge in [-0.2, -0.15) is 0 Å². The zero-order valence-corrected chi connectivity index (χ0v) is 16.0. The normalized spacial score (nSPS) is 12.6. The lowest BCUT2D eigenvalue weighted by Crippen LogP contribution is -2.51. The fourth-order valence-electron chi connectivity index (χ4n) is 2.65. The Morgan fingerprint density at radius 2 is 1.71 bits per heavy atom. The fourth-order valence-corrected chi connectivity index (χ4v) is 2.65. The SMILES string of the molecule is COc1cccc(CNC(=O)C(C)C(=O)N[C@@H](Cc2ccccc2)B(O)O)c1. The summed E-state index contributed by atoms with van der Waals surface area (Å²) in [5.41, 5.74) is 1.68. The third-order valence-electron chi connectivity index (χ3n) is 4.37. The Labute approximate surface area is 164 Å². The van der Waals surface area contributed by atoms with E-state index >= 15 is 0 Å². The van der Waals surface area contributed by atoms with Crippen LogP contribution in [0.2, 0.25) is 0 Å². The Bertz CT molecular complexity index is 785. The van der Waals surface area contributed by atoms with Crippen molar-refractivity contribution in [3.8, 4) is 5.75 Å². The molecule has 148 valence electrons. The molecule has 0 aromatic heterocycles. The van der Waals surface area contributed by atoms with Gasteiger partial charge in [-0.3, -0.25) is 9.59 Å². The largest absolute Gasteiger partial charge is 0.497 e. The van der Waals surface area contributed by atoms with E-state index in [0.29, 0.717) is 5.75 Å². The summed E-state index contributed by atoms with van der Waals surface area (Å²) in [5.74, 6) is -2.24. The molecule has 0 saturated carbocycles. The third-order valence-corrected chi connectivity index (χ3v) is 4.37. The molecule has 1 unspecified atom stereocenters. The first-order chi connectivity index (χ1) is 13.4. The minimum atomic E-state index is -1.74. The number of hydrogen-bond acceptors (Lipinski definition) is 5. The summed E-state index contributed by atoms with van der Waals surface area (Å²) in [4.78, 5) is 24.7. The van der Waals surface area contributed by atoms with Crippen molar-refractivity contribution in [3.05, 3.63) is 65.7 Å². The van der Waals surface area contributed by atoms with Crippen molar-refractivity contribution in [2.75, 3.05) is 7.11 Å². The lowest BCUT2D eigenvalue weighted by molar-refractivity contribution is -0.134. The van der Waals surface area contributed by atoms with Crippen molar-refractivity contribution in [1.82, 2.24) is 10.6 Å². The van der Waals surface area contributed by atoms with Gasteiger partial charge in [-0.1, -0.05) is 42.5 Å². The summed E-state index contributed by atoms with van der Waals surface area (Å²) in [6, 6.07) is 16.4. The number of carbonyl (C=O) groups excluding carboxylic acids is 2. The number of nitrogens with one attached hydrogen (secondary N) is 2. The molecular formula is C20H25BN2O5. The van der Waals surface area contributed by atoms with Crippen molar-refractivity contribution >= 4 is 18.9 Å². The van der Waals surface area contributed by atoms with Crippen LogP contribution in [0.1, 0.15) is 18.1 Å². The second kappa shape index (κ2) is 10.5. The van der Waals surface area contributed by atoms with Gasteiger partial charge in [0.2, 0.25) is 11.8 Å². The van der Waals surface area contributed by atoms with E-state index in [0.717, 1.165) is 11.1 Å². The van der Waals surface area contributed by atoms with Gasteiger partial charge >= 0.3 is 7.12 Å². The molecule has 0 saturated heterocycles. The predicted molar refractivity (Wildman–Crippen MR) is 106 cm³/mol. The van der Waals surface area contributed by atoms with Crippen LogP contribution in [0.3, 0.4) is 0 Å². The van der Waals surface area contributed by atoms with Crippen LogP contribution in [0, 0.1) is 5.92 Å². The van der Waals surface area contributed by atoms with Gasteiger partial charge in [0, 0.05) is 6.54 Å². The fraction of sp³-hybridized carbons (Fsp3) is 0.300. The number of carbonyl (C=O) groups is 2. The number of hydrogen-bond donors (Lipinski definition) is 4. The zero-order chi connectivity index (χ0) is 20.5. The van der Waals surface area contributed by atoms with Gasteiger partial charge < -0.3 is 25.4 Å². The van der Waals surface area contributed by atoms with E-state index < -0.39 is 30.8 Å².